The van der Waals surface area contributed by atoms with Crippen molar-refractivity contribution in [3.05, 3.63) is 51.4 Å². The van der Waals surface area contributed by atoms with Gasteiger partial charge in [0.1, 0.15) is 11.5 Å². The van der Waals surface area contributed by atoms with Crippen LogP contribution in [0, 0.1) is 13.8 Å². The lowest BCUT2D eigenvalue weighted by Crippen LogP contribution is -2.15. The van der Waals surface area contributed by atoms with Crippen molar-refractivity contribution >= 4 is 15.9 Å². The second kappa shape index (κ2) is 5.16. The first-order valence-electron chi connectivity index (χ1n) is 5.68. The summed E-state index contributed by atoms with van der Waals surface area (Å²) in [5.41, 5.74) is 9.36. The zero-order valence-electron chi connectivity index (χ0n) is 10.7. The first-order valence-corrected chi connectivity index (χ1v) is 6.48. The molecular weight excluding hydrogens is 294 g/mol. The molecule has 2 rings (SSSR count). The van der Waals surface area contributed by atoms with Crippen molar-refractivity contribution in [2.75, 3.05) is 7.11 Å². The quantitative estimate of drug-likeness (QED) is 0.940. The molecule has 2 N–H and O–H groups in total. The predicted octanol–water partition coefficient (Wildman–Crippen LogP) is 3.72. The molecule has 0 aliphatic carbocycles. The number of furan rings is 1. The van der Waals surface area contributed by atoms with E-state index in [1.807, 2.05) is 32.0 Å². The van der Waals surface area contributed by atoms with E-state index in [0.29, 0.717) is 0 Å². The minimum Gasteiger partial charge on any atom is -0.496 e. The Bertz CT molecular complexity index is 549. The maximum atomic E-state index is 6.28. The number of hydrogen-bond acceptors (Lipinski definition) is 3. The van der Waals surface area contributed by atoms with Crippen molar-refractivity contribution in [2.24, 2.45) is 5.73 Å². The number of hydrogen-bond donors (Lipinski definition) is 1. The first kappa shape index (κ1) is 13.2. The lowest BCUT2D eigenvalue weighted by atomic mass is 9.96. The molecule has 0 bridgehead atoms. The van der Waals surface area contributed by atoms with E-state index in [9.17, 15) is 0 Å². The highest BCUT2D eigenvalue weighted by atomic mass is 79.9. The summed E-state index contributed by atoms with van der Waals surface area (Å²) in [5, 5.41) is 0. The summed E-state index contributed by atoms with van der Waals surface area (Å²) in [7, 11) is 1.66. The van der Waals surface area contributed by atoms with Crippen LogP contribution in [0.2, 0.25) is 0 Å². The summed E-state index contributed by atoms with van der Waals surface area (Å²) in [5.74, 6) is 1.55. The molecule has 2 aromatic rings. The molecule has 0 spiro atoms. The molecule has 1 aromatic carbocycles. The Kier molecular flexibility index (Phi) is 3.78. The molecule has 1 atom stereocenters. The van der Waals surface area contributed by atoms with E-state index in [4.69, 9.17) is 14.9 Å². The highest BCUT2D eigenvalue weighted by Crippen LogP contribution is 2.37. The van der Waals surface area contributed by atoms with Gasteiger partial charge in [-0.3, -0.25) is 0 Å². The van der Waals surface area contributed by atoms with Crippen molar-refractivity contribution in [1.82, 2.24) is 0 Å². The number of benzene rings is 1. The van der Waals surface area contributed by atoms with Crippen LogP contribution in [0.25, 0.3) is 0 Å². The summed E-state index contributed by atoms with van der Waals surface area (Å²) in [6, 6.07) is 5.42. The molecule has 96 valence electrons. The van der Waals surface area contributed by atoms with Crippen LogP contribution in [0.3, 0.4) is 0 Å². The Morgan fingerprint density at radius 1 is 1.39 bits per heavy atom. The molecule has 0 fully saturated rings. The molecule has 0 saturated heterocycles. The summed E-state index contributed by atoms with van der Waals surface area (Å²) < 4.78 is 11.9. The standard InChI is InChI=1S/C14H16BrNO2/c1-8-7-10(15)9(2)12(14(8)17-3)13(16)11-5-4-6-18-11/h4-7,13H,16H2,1-3H3. The van der Waals surface area contributed by atoms with Gasteiger partial charge >= 0.3 is 0 Å². The molecule has 4 heteroatoms. The van der Waals surface area contributed by atoms with Gasteiger partial charge in [0.25, 0.3) is 0 Å². The number of rotatable bonds is 3. The van der Waals surface area contributed by atoms with Crippen LogP contribution in [0.15, 0.2) is 33.4 Å². The number of ether oxygens (including phenoxy) is 1. The van der Waals surface area contributed by atoms with Crippen molar-refractivity contribution in [3.63, 3.8) is 0 Å². The van der Waals surface area contributed by atoms with Gasteiger partial charge in [0.05, 0.1) is 19.4 Å². The van der Waals surface area contributed by atoms with Gasteiger partial charge in [-0.05, 0) is 43.2 Å². The summed E-state index contributed by atoms with van der Waals surface area (Å²) >= 11 is 3.55. The van der Waals surface area contributed by atoms with Gasteiger partial charge in [-0.25, -0.2) is 0 Å². The van der Waals surface area contributed by atoms with Gasteiger partial charge in [0.2, 0.25) is 0 Å². The molecular formula is C14H16BrNO2. The second-order valence-electron chi connectivity index (χ2n) is 4.24. The van der Waals surface area contributed by atoms with Crippen LogP contribution in [0.1, 0.15) is 28.5 Å². The molecule has 3 nitrogen and oxygen atoms in total. The van der Waals surface area contributed by atoms with Gasteiger partial charge in [0.15, 0.2) is 0 Å². The monoisotopic (exact) mass is 309 g/mol. The lowest BCUT2D eigenvalue weighted by Gasteiger charge is -2.19. The molecule has 0 radical (unpaired) electrons. The van der Waals surface area contributed by atoms with Gasteiger partial charge in [0, 0.05) is 10.0 Å². The van der Waals surface area contributed by atoms with Crippen LogP contribution < -0.4 is 10.5 Å². The molecule has 0 aliphatic heterocycles. The van der Waals surface area contributed by atoms with Crippen LogP contribution in [-0.4, -0.2) is 7.11 Å². The van der Waals surface area contributed by atoms with Crippen molar-refractivity contribution < 1.29 is 9.15 Å². The maximum absolute atomic E-state index is 6.28. The van der Waals surface area contributed by atoms with Gasteiger partial charge in [-0.2, -0.15) is 0 Å². The molecule has 18 heavy (non-hydrogen) atoms. The molecule has 0 amide bonds. The molecule has 1 aromatic heterocycles. The van der Waals surface area contributed by atoms with E-state index < -0.39 is 0 Å². The van der Waals surface area contributed by atoms with Crippen LogP contribution in [-0.2, 0) is 0 Å². The lowest BCUT2D eigenvalue weighted by molar-refractivity contribution is 0.399. The summed E-state index contributed by atoms with van der Waals surface area (Å²) in [4.78, 5) is 0. The Balaban J connectivity index is 2.62. The Morgan fingerprint density at radius 2 is 2.11 bits per heavy atom. The fourth-order valence-corrected chi connectivity index (χ4v) is 2.69. The van der Waals surface area contributed by atoms with E-state index in [-0.39, 0.29) is 6.04 Å². The third kappa shape index (κ3) is 2.18. The van der Waals surface area contributed by atoms with Crippen molar-refractivity contribution in [3.8, 4) is 5.75 Å². The topological polar surface area (TPSA) is 48.4 Å². The van der Waals surface area contributed by atoms with E-state index in [0.717, 1.165) is 32.7 Å². The third-order valence-corrected chi connectivity index (χ3v) is 3.90. The van der Waals surface area contributed by atoms with E-state index >= 15 is 0 Å². The minimum atomic E-state index is -0.328. The number of aryl methyl sites for hydroxylation is 1. The number of nitrogens with two attached hydrogens (primary N) is 1. The van der Waals surface area contributed by atoms with Gasteiger partial charge < -0.3 is 14.9 Å². The van der Waals surface area contributed by atoms with Gasteiger partial charge in [-0.15, -0.1) is 0 Å². The largest absolute Gasteiger partial charge is 0.496 e. The number of methoxy groups -OCH3 is 1. The van der Waals surface area contributed by atoms with E-state index in [1.54, 1.807) is 13.4 Å². The average molecular weight is 310 g/mol. The Morgan fingerprint density at radius 3 is 2.67 bits per heavy atom. The van der Waals surface area contributed by atoms with Crippen LogP contribution in [0.4, 0.5) is 0 Å². The number of halogens is 1. The fraction of sp³-hybridized carbons (Fsp3) is 0.286. The first-order chi connectivity index (χ1) is 8.56. The smallest absolute Gasteiger partial charge is 0.127 e. The highest BCUT2D eigenvalue weighted by molar-refractivity contribution is 9.10. The minimum absolute atomic E-state index is 0.328. The van der Waals surface area contributed by atoms with Gasteiger partial charge in [-0.1, -0.05) is 15.9 Å². The Hall–Kier alpha value is -1.26. The SMILES string of the molecule is COc1c(C)cc(Br)c(C)c1C(N)c1ccco1. The molecule has 1 heterocycles. The normalized spacial score (nSPS) is 12.5. The third-order valence-electron chi connectivity index (χ3n) is 3.07. The van der Waals surface area contributed by atoms with Crippen LogP contribution in [0.5, 0.6) is 5.75 Å². The van der Waals surface area contributed by atoms with E-state index in [2.05, 4.69) is 15.9 Å². The fourth-order valence-electron chi connectivity index (χ4n) is 2.13. The maximum Gasteiger partial charge on any atom is 0.127 e. The van der Waals surface area contributed by atoms with Crippen molar-refractivity contribution in [2.45, 2.75) is 19.9 Å². The molecule has 0 aliphatic rings. The summed E-state index contributed by atoms with van der Waals surface area (Å²) in [6.45, 7) is 4.02. The zero-order chi connectivity index (χ0) is 13.3. The highest BCUT2D eigenvalue weighted by Gasteiger charge is 2.22. The predicted molar refractivity (Wildman–Crippen MR) is 74.9 cm³/mol. The van der Waals surface area contributed by atoms with Crippen LogP contribution >= 0.6 is 15.9 Å². The Labute approximate surface area is 115 Å². The average Bonchev–Trinajstić information content (AvgIpc) is 2.86. The molecule has 1 unspecified atom stereocenters. The van der Waals surface area contributed by atoms with Crippen molar-refractivity contribution in [1.29, 1.82) is 0 Å². The second-order valence-corrected chi connectivity index (χ2v) is 5.09. The van der Waals surface area contributed by atoms with E-state index in [1.165, 1.54) is 0 Å². The molecule has 0 saturated carbocycles. The zero-order valence-corrected chi connectivity index (χ0v) is 12.2. The summed E-state index contributed by atoms with van der Waals surface area (Å²) in [6.07, 6.45) is 1.63.